The van der Waals surface area contributed by atoms with E-state index in [0.29, 0.717) is 0 Å². The van der Waals surface area contributed by atoms with Crippen LogP contribution in [-0.4, -0.2) is 29.3 Å². The van der Waals surface area contributed by atoms with Gasteiger partial charge in [-0.1, -0.05) is 175 Å². The van der Waals surface area contributed by atoms with Crippen LogP contribution in [-0.2, 0) is 13.3 Å². The number of hydrogen-bond acceptors (Lipinski definition) is 3. The molecule has 0 rings (SSSR count). The summed E-state index contributed by atoms with van der Waals surface area (Å²) in [5, 5.41) is 0. The molecule has 0 spiro atoms. The first-order chi connectivity index (χ1) is 18.3. The van der Waals surface area contributed by atoms with Gasteiger partial charge in [-0.15, -0.1) is 0 Å². The SMILES string of the molecule is CCCCCCCCCCCCCCCCCCO[Si+](OCCC)OCCCCCCCCCCCC. The molecule has 0 aliphatic heterocycles. The Balaban J connectivity index is 3.44. The minimum Gasteiger partial charge on any atom is -0.189 e. The maximum Gasteiger partial charge on any atom is 0.832 e. The zero-order chi connectivity index (χ0) is 26.9. The Morgan fingerprint density at radius 3 is 0.784 bits per heavy atom. The van der Waals surface area contributed by atoms with Crippen molar-refractivity contribution in [1.82, 2.24) is 0 Å². The summed E-state index contributed by atoms with van der Waals surface area (Å²) in [4.78, 5) is 0. The monoisotopic (exact) mass is 542 g/mol. The van der Waals surface area contributed by atoms with Gasteiger partial charge >= 0.3 is 9.53 Å². The Morgan fingerprint density at radius 1 is 0.270 bits per heavy atom. The van der Waals surface area contributed by atoms with E-state index in [1.54, 1.807) is 0 Å². The van der Waals surface area contributed by atoms with Crippen LogP contribution >= 0.6 is 0 Å². The van der Waals surface area contributed by atoms with Gasteiger partial charge in [0.05, 0.1) is 19.8 Å². The second-order valence-corrected chi connectivity index (χ2v) is 12.6. The van der Waals surface area contributed by atoms with Gasteiger partial charge in [0.2, 0.25) is 0 Å². The summed E-state index contributed by atoms with van der Waals surface area (Å²) < 4.78 is 17.9. The van der Waals surface area contributed by atoms with Crippen LogP contribution in [0.1, 0.15) is 194 Å². The van der Waals surface area contributed by atoms with E-state index in [0.717, 1.165) is 39.1 Å². The molecule has 3 nitrogen and oxygen atoms in total. The Morgan fingerprint density at radius 2 is 0.514 bits per heavy atom. The van der Waals surface area contributed by atoms with E-state index >= 15 is 0 Å². The fraction of sp³-hybridized carbons (Fsp3) is 1.00. The minimum absolute atomic E-state index is 0.755. The molecule has 222 valence electrons. The van der Waals surface area contributed by atoms with Crippen molar-refractivity contribution in [2.75, 3.05) is 19.8 Å². The van der Waals surface area contributed by atoms with Crippen molar-refractivity contribution in [1.29, 1.82) is 0 Å². The normalized spacial score (nSPS) is 11.4. The molecule has 0 aliphatic carbocycles. The molecule has 0 heterocycles. The van der Waals surface area contributed by atoms with Gasteiger partial charge in [0.1, 0.15) is 0 Å². The van der Waals surface area contributed by atoms with Crippen LogP contribution in [0.4, 0.5) is 0 Å². The van der Waals surface area contributed by atoms with Crippen molar-refractivity contribution < 1.29 is 13.3 Å². The van der Waals surface area contributed by atoms with Crippen LogP contribution in [0.2, 0.25) is 0 Å². The summed E-state index contributed by atoms with van der Waals surface area (Å²) in [5.74, 6) is 0. The van der Waals surface area contributed by atoms with Crippen molar-refractivity contribution in [3.8, 4) is 0 Å². The first kappa shape index (κ1) is 37.1. The molecule has 0 amide bonds. The van der Waals surface area contributed by atoms with Gasteiger partial charge in [-0.2, -0.15) is 13.3 Å². The van der Waals surface area contributed by atoms with E-state index in [2.05, 4.69) is 20.8 Å². The lowest BCUT2D eigenvalue weighted by Gasteiger charge is -2.04. The van der Waals surface area contributed by atoms with E-state index in [1.807, 2.05) is 0 Å². The van der Waals surface area contributed by atoms with Crippen molar-refractivity contribution in [3.63, 3.8) is 0 Å². The third kappa shape index (κ3) is 32.2. The van der Waals surface area contributed by atoms with Gasteiger partial charge in [-0.25, -0.2) is 0 Å². The molecule has 0 radical (unpaired) electrons. The molecule has 0 aromatic heterocycles. The molecule has 0 saturated heterocycles. The molecular formula is C33H69O3Si+. The lowest BCUT2D eigenvalue weighted by Crippen LogP contribution is -2.28. The molecule has 0 fully saturated rings. The second kappa shape index (κ2) is 34.1. The van der Waals surface area contributed by atoms with E-state index < -0.39 is 9.53 Å². The third-order valence-electron chi connectivity index (χ3n) is 7.36. The van der Waals surface area contributed by atoms with Crippen molar-refractivity contribution in [3.05, 3.63) is 0 Å². The summed E-state index contributed by atoms with van der Waals surface area (Å²) in [6, 6.07) is 0. The van der Waals surface area contributed by atoms with Gasteiger partial charge in [-0.3, -0.25) is 0 Å². The Kier molecular flexibility index (Phi) is 34.2. The van der Waals surface area contributed by atoms with Gasteiger partial charge in [-0.05, 0) is 19.3 Å². The summed E-state index contributed by atoms with van der Waals surface area (Å²) in [6.45, 7) is 9.09. The average Bonchev–Trinajstić information content (AvgIpc) is 2.91. The van der Waals surface area contributed by atoms with Gasteiger partial charge in [0, 0.05) is 0 Å². The first-order valence-electron chi connectivity index (χ1n) is 17.1. The predicted octanol–water partition coefficient (Wildman–Crippen LogP) is 11.6. The fourth-order valence-corrected chi connectivity index (χ4v) is 6.10. The molecule has 0 unspecified atom stereocenters. The Labute approximate surface area is 236 Å². The zero-order valence-corrected chi connectivity index (χ0v) is 26.9. The van der Waals surface area contributed by atoms with Crippen molar-refractivity contribution in [2.24, 2.45) is 0 Å². The average molecular weight is 542 g/mol. The van der Waals surface area contributed by atoms with Crippen LogP contribution in [0.3, 0.4) is 0 Å². The Hall–Kier alpha value is 0.0969. The maximum atomic E-state index is 6.01. The lowest BCUT2D eigenvalue weighted by atomic mass is 10.0. The molecule has 0 aromatic carbocycles. The van der Waals surface area contributed by atoms with E-state index in [4.69, 9.17) is 13.3 Å². The molecule has 0 atom stereocenters. The largest absolute Gasteiger partial charge is 0.832 e. The topological polar surface area (TPSA) is 27.7 Å². The van der Waals surface area contributed by atoms with Gasteiger partial charge in [0.25, 0.3) is 0 Å². The summed E-state index contributed by atoms with van der Waals surface area (Å²) in [5.41, 5.74) is 0. The van der Waals surface area contributed by atoms with Crippen LogP contribution in [0.5, 0.6) is 0 Å². The summed E-state index contributed by atoms with van der Waals surface area (Å²) >= 11 is 0. The predicted molar refractivity (Wildman–Crippen MR) is 165 cm³/mol. The standard InChI is InChI=1S/C33H69O3Si/c1-4-7-9-11-13-15-17-18-19-20-21-22-24-26-28-30-33-36-37(34-31-6-3)35-32-29-27-25-23-16-14-12-10-8-5-2/h4-33H2,1-3H3/q+1. The molecule has 0 aliphatic rings. The first-order valence-corrected chi connectivity index (χ1v) is 18.3. The molecule has 4 heteroatoms. The highest BCUT2D eigenvalue weighted by atomic mass is 28.3. The highest BCUT2D eigenvalue weighted by molar-refractivity contribution is 6.36. The van der Waals surface area contributed by atoms with E-state index in [1.165, 1.54) is 154 Å². The maximum absolute atomic E-state index is 6.01. The van der Waals surface area contributed by atoms with E-state index in [-0.39, 0.29) is 0 Å². The molecule has 0 bridgehead atoms. The number of hydrogen-bond donors (Lipinski definition) is 0. The van der Waals surface area contributed by atoms with Gasteiger partial charge < -0.3 is 0 Å². The summed E-state index contributed by atoms with van der Waals surface area (Å²) in [7, 11) is -1.54. The smallest absolute Gasteiger partial charge is 0.189 e. The number of rotatable bonds is 33. The minimum atomic E-state index is -1.54. The highest BCUT2D eigenvalue weighted by Gasteiger charge is 2.36. The summed E-state index contributed by atoms with van der Waals surface area (Å²) in [6.07, 6.45) is 37.0. The molecular weight excluding hydrogens is 472 g/mol. The van der Waals surface area contributed by atoms with E-state index in [9.17, 15) is 0 Å². The van der Waals surface area contributed by atoms with Crippen LogP contribution in [0.15, 0.2) is 0 Å². The Bertz CT molecular complexity index is 394. The van der Waals surface area contributed by atoms with Crippen LogP contribution < -0.4 is 0 Å². The molecule has 0 aromatic rings. The van der Waals surface area contributed by atoms with Crippen LogP contribution in [0.25, 0.3) is 0 Å². The quantitative estimate of drug-likeness (QED) is 0.0610. The third-order valence-corrected chi connectivity index (χ3v) is 8.68. The zero-order valence-electron chi connectivity index (χ0n) is 25.9. The number of unbranched alkanes of at least 4 members (excludes halogenated alkanes) is 24. The molecule has 0 N–H and O–H groups in total. The highest BCUT2D eigenvalue weighted by Crippen LogP contribution is 2.14. The lowest BCUT2D eigenvalue weighted by molar-refractivity contribution is 0.0901. The van der Waals surface area contributed by atoms with Gasteiger partial charge in [0.15, 0.2) is 0 Å². The van der Waals surface area contributed by atoms with Crippen molar-refractivity contribution >= 4 is 9.53 Å². The second-order valence-electron chi connectivity index (χ2n) is 11.3. The molecule has 37 heavy (non-hydrogen) atoms. The van der Waals surface area contributed by atoms with Crippen molar-refractivity contribution in [2.45, 2.75) is 194 Å². The molecule has 0 saturated carbocycles. The van der Waals surface area contributed by atoms with Crippen LogP contribution in [0, 0.1) is 0 Å². The fourth-order valence-electron chi connectivity index (χ4n) is 4.86.